The van der Waals surface area contributed by atoms with Gasteiger partial charge in [-0.1, -0.05) is 47.5 Å². The number of rotatable bonds is 4. The van der Waals surface area contributed by atoms with Gasteiger partial charge in [0.05, 0.1) is 21.3 Å². The molecule has 176 valence electrons. The van der Waals surface area contributed by atoms with Gasteiger partial charge in [-0.15, -0.1) is 0 Å². The van der Waals surface area contributed by atoms with Crippen molar-refractivity contribution >= 4 is 28.8 Å². The number of aromatic amines is 1. The molecule has 3 aromatic carbocycles. The second kappa shape index (κ2) is 8.79. The van der Waals surface area contributed by atoms with E-state index in [1.807, 2.05) is 18.2 Å². The van der Waals surface area contributed by atoms with Gasteiger partial charge in [0.2, 0.25) is 0 Å². The third-order valence-electron chi connectivity index (χ3n) is 5.24. The van der Waals surface area contributed by atoms with E-state index in [0.717, 1.165) is 10.6 Å². The van der Waals surface area contributed by atoms with Crippen LogP contribution in [0.4, 0.5) is 13.2 Å². The van der Waals surface area contributed by atoms with Gasteiger partial charge in [-0.25, -0.2) is 9.50 Å². The minimum Gasteiger partial charge on any atom is -0.457 e. The maximum Gasteiger partial charge on any atom is 0.433 e. The molecule has 5 nitrogen and oxygen atoms in total. The van der Waals surface area contributed by atoms with Crippen LogP contribution < -0.4 is 10.3 Å². The number of nitrogens with one attached hydrogen (secondary N) is 1. The molecule has 0 fully saturated rings. The zero-order valence-corrected chi connectivity index (χ0v) is 19.1. The molecule has 0 aliphatic heterocycles. The Bertz CT molecular complexity index is 1600. The molecule has 0 saturated heterocycles. The molecule has 0 aliphatic rings. The molecule has 2 aromatic heterocycles. The fourth-order valence-electron chi connectivity index (χ4n) is 3.63. The van der Waals surface area contributed by atoms with E-state index >= 15 is 0 Å². The summed E-state index contributed by atoms with van der Waals surface area (Å²) in [5.74, 6) is 1.20. The van der Waals surface area contributed by atoms with Crippen molar-refractivity contribution in [1.82, 2.24) is 14.6 Å². The van der Waals surface area contributed by atoms with E-state index in [1.165, 1.54) is 18.2 Å². The van der Waals surface area contributed by atoms with Gasteiger partial charge >= 0.3 is 6.18 Å². The first-order valence-electron chi connectivity index (χ1n) is 10.2. The lowest BCUT2D eigenvalue weighted by molar-refractivity contribution is -0.140. The smallest absolute Gasteiger partial charge is 0.433 e. The summed E-state index contributed by atoms with van der Waals surface area (Å²) < 4.78 is 48.2. The lowest BCUT2D eigenvalue weighted by Gasteiger charge is -2.09. The van der Waals surface area contributed by atoms with Gasteiger partial charge in [0, 0.05) is 11.6 Å². The van der Waals surface area contributed by atoms with Crippen molar-refractivity contribution in [3.8, 4) is 33.9 Å². The van der Waals surface area contributed by atoms with Gasteiger partial charge in [-0.2, -0.15) is 13.2 Å². The molecule has 10 heteroatoms. The molecule has 0 amide bonds. The number of hydrogen-bond donors (Lipinski definition) is 1. The van der Waals surface area contributed by atoms with Crippen LogP contribution in [0.15, 0.2) is 83.7 Å². The molecule has 0 atom stereocenters. The lowest BCUT2D eigenvalue weighted by Crippen LogP contribution is -2.15. The van der Waals surface area contributed by atoms with Gasteiger partial charge in [0.25, 0.3) is 5.56 Å². The van der Waals surface area contributed by atoms with Crippen molar-refractivity contribution in [2.75, 3.05) is 0 Å². The molecule has 5 rings (SSSR count). The Morgan fingerprint density at radius 2 is 1.49 bits per heavy atom. The molecular formula is C25H14Cl2F3N3O2. The van der Waals surface area contributed by atoms with E-state index in [2.05, 4.69) is 10.1 Å². The van der Waals surface area contributed by atoms with Crippen molar-refractivity contribution in [2.24, 2.45) is 0 Å². The Labute approximate surface area is 206 Å². The Balaban J connectivity index is 1.63. The number of para-hydroxylation sites is 1. The molecule has 1 N–H and O–H groups in total. The first-order chi connectivity index (χ1) is 16.7. The normalized spacial score (nSPS) is 11.7. The van der Waals surface area contributed by atoms with Gasteiger partial charge < -0.3 is 4.74 Å². The summed E-state index contributed by atoms with van der Waals surface area (Å²) in [7, 11) is 0. The van der Waals surface area contributed by atoms with E-state index in [-0.39, 0.29) is 32.5 Å². The summed E-state index contributed by atoms with van der Waals surface area (Å²) >= 11 is 12.0. The highest BCUT2D eigenvalue weighted by Crippen LogP contribution is 2.40. The van der Waals surface area contributed by atoms with Crippen LogP contribution in [0.1, 0.15) is 5.69 Å². The maximum atomic E-state index is 13.9. The highest BCUT2D eigenvalue weighted by Gasteiger charge is 2.38. The second-order valence-electron chi connectivity index (χ2n) is 7.57. The van der Waals surface area contributed by atoms with Crippen LogP contribution in [0.5, 0.6) is 11.5 Å². The molecule has 0 saturated carbocycles. The topological polar surface area (TPSA) is 59.4 Å². The van der Waals surface area contributed by atoms with Gasteiger partial charge in [-0.05, 0) is 54.1 Å². The summed E-state index contributed by atoms with van der Waals surface area (Å²) in [4.78, 5) is 17.2. The molecule has 5 aromatic rings. The molecule has 0 bridgehead atoms. The number of H-pyrrole nitrogens is 1. The molecular weight excluding hydrogens is 502 g/mol. The number of hydrogen-bond acceptors (Lipinski definition) is 3. The number of ether oxygens (including phenoxy) is 1. The average Bonchev–Trinajstić information content (AvgIpc) is 3.23. The molecule has 35 heavy (non-hydrogen) atoms. The Hall–Kier alpha value is -3.75. The highest BCUT2D eigenvalue weighted by molar-refractivity contribution is 6.42. The molecule has 0 aliphatic carbocycles. The number of aromatic nitrogens is 3. The number of fused-ring (bicyclic) bond motifs is 1. The zero-order chi connectivity index (χ0) is 24.7. The van der Waals surface area contributed by atoms with Gasteiger partial charge in [-0.3, -0.25) is 9.89 Å². The third-order valence-corrected chi connectivity index (χ3v) is 5.98. The third kappa shape index (κ3) is 4.50. The lowest BCUT2D eigenvalue weighted by atomic mass is 10.1. The SMILES string of the molecule is O=c1cc(-c2ccc(Oc3ccccc3)cc2)nc2c(-c3ccc(Cl)c(Cl)c3)c(C(F)(F)F)[nH]n12. The summed E-state index contributed by atoms with van der Waals surface area (Å²) in [6, 6.07) is 21.1. The van der Waals surface area contributed by atoms with Gasteiger partial charge in [0.1, 0.15) is 17.2 Å². The number of alkyl halides is 3. The number of nitrogens with zero attached hydrogens (tertiary/aromatic N) is 2. The van der Waals surface area contributed by atoms with E-state index in [9.17, 15) is 18.0 Å². The van der Waals surface area contributed by atoms with Crippen LogP contribution >= 0.6 is 23.2 Å². The van der Waals surface area contributed by atoms with Crippen LogP contribution in [-0.4, -0.2) is 14.6 Å². The molecule has 0 unspecified atom stereocenters. The fraction of sp³-hybridized carbons (Fsp3) is 0.0400. The molecule has 2 heterocycles. The molecule has 0 radical (unpaired) electrons. The van der Waals surface area contributed by atoms with Crippen molar-refractivity contribution in [3.05, 3.63) is 105 Å². The van der Waals surface area contributed by atoms with Crippen molar-refractivity contribution in [3.63, 3.8) is 0 Å². The molecule has 0 spiro atoms. The van der Waals surface area contributed by atoms with E-state index < -0.39 is 17.4 Å². The predicted molar refractivity (Wildman–Crippen MR) is 128 cm³/mol. The van der Waals surface area contributed by atoms with Crippen LogP contribution in [0.3, 0.4) is 0 Å². The minimum absolute atomic E-state index is 0.0733. The van der Waals surface area contributed by atoms with Crippen molar-refractivity contribution in [2.45, 2.75) is 6.18 Å². The second-order valence-corrected chi connectivity index (χ2v) is 8.38. The van der Waals surface area contributed by atoms with Crippen molar-refractivity contribution in [1.29, 1.82) is 0 Å². The van der Waals surface area contributed by atoms with E-state index in [0.29, 0.717) is 17.1 Å². The summed E-state index contributed by atoms with van der Waals surface area (Å²) in [5.41, 5.74) is -1.48. The first-order valence-corrected chi connectivity index (χ1v) is 11.0. The number of benzene rings is 3. The standard InChI is InChI=1S/C25H14Cl2F3N3O2/c26-18-11-8-15(12-19(18)27)22-23(25(28,29)30)32-33-21(34)13-20(31-24(22)33)14-6-9-17(10-7-14)35-16-4-2-1-3-5-16/h1-13,32H. The Morgan fingerprint density at radius 1 is 0.829 bits per heavy atom. The quantitative estimate of drug-likeness (QED) is 0.270. The van der Waals surface area contributed by atoms with Crippen LogP contribution in [-0.2, 0) is 6.18 Å². The summed E-state index contributed by atoms with van der Waals surface area (Å²) in [5, 5.41) is 2.40. The number of halogens is 5. The van der Waals surface area contributed by atoms with Crippen molar-refractivity contribution < 1.29 is 17.9 Å². The summed E-state index contributed by atoms with van der Waals surface area (Å²) in [6.07, 6.45) is -4.78. The minimum atomic E-state index is -4.78. The van der Waals surface area contributed by atoms with Crippen LogP contribution in [0.2, 0.25) is 10.0 Å². The summed E-state index contributed by atoms with van der Waals surface area (Å²) in [6.45, 7) is 0. The highest BCUT2D eigenvalue weighted by atomic mass is 35.5. The Morgan fingerprint density at radius 3 is 2.14 bits per heavy atom. The zero-order valence-electron chi connectivity index (χ0n) is 17.6. The maximum absolute atomic E-state index is 13.9. The average molecular weight is 516 g/mol. The monoisotopic (exact) mass is 515 g/mol. The Kier molecular flexibility index (Phi) is 5.78. The van der Waals surface area contributed by atoms with E-state index in [4.69, 9.17) is 27.9 Å². The van der Waals surface area contributed by atoms with E-state index in [1.54, 1.807) is 36.4 Å². The first kappa shape index (κ1) is 23.0. The largest absolute Gasteiger partial charge is 0.457 e. The van der Waals surface area contributed by atoms with Crippen LogP contribution in [0, 0.1) is 0 Å². The predicted octanol–water partition coefficient (Wildman–Crippen LogP) is 7.47. The van der Waals surface area contributed by atoms with Gasteiger partial charge in [0.15, 0.2) is 5.65 Å². The van der Waals surface area contributed by atoms with Crippen LogP contribution in [0.25, 0.3) is 28.0 Å². The fourth-order valence-corrected chi connectivity index (χ4v) is 3.93.